The van der Waals surface area contributed by atoms with Crippen LogP contribution in [-0.4, -0.2) is 32.1 Å². The van der Waals surface area contributed by atoms with Crippen LogP contribution in [0.1, 0.15) is 39.5 Å². The molecule has 0 aromatic carbocycles. The number of methoxy groups -OCH3 is 1. The third-order valence-electron chi connectivity index (χ3n) is 4.64. The average molecular weight is 282 g/mol. The number of carbonyl (C=O) groups excluding carboxylic acids is 1. The van der Waals surface area contributed by atoms with E-state index in [1.165, 1.54) is 7.11 Å². The van der Waals surface area contributed by atoms with Crippen LogP contribution >= 0.6 is 0 Å². The summed E-state index contributed by atoms with van der Waals surface area (Å²) in [7, 11) is 1.45. The first kappa shape index (κ1) is 15.5. The molecule has 2 fully saturated rings. The highest BCUT2D eigenvalue weighted by Crippen LogP contribution is 2.43. The van der Waals surface area contributed by atoms with E-state index in [2.05, 4.69) is 13.5 Å². The lowest BCUT2D eigenvalue weighted by Crippen LogP contribution is -2.32. The molecule has 0 N–H and O–H groups in total. The average Bonchev–Trinajstić information content (AvgIpc) is 2.77. The standard InChI is InChI=1S/C16H26O4/c1-10(2)12-9-13(11(3)15(12)16(17)18-4)20-14-7-5-6-8-19-14/h11-15H,1,5-9H2,2-4H3/t11-,12+,13-,14?,15+/m1/s1. The minimum absolute atomic E-state index is 0.0453. The predicted molar refractivity (Wildman–Crippen MR) is 76.1 cm³/mol. The van der Waals surface area contributed by atoms with Gasteiger partial charge in [0, 0.05) is 6.61 Å². The number of hydrogen-bond donors (Lipinski definition) is 0. The van der Waals surface area contributed by atoms with Crippen molar-refractivity contribution in [2.45, 2.75) is 51.9 Å². The maximum Gasteiger partial charge on any atom is 0.309 e. The quantitative estimate of drug-likeness (QED) is 0.587. The summed E-state index contributed by atoms with van der Waals surface area (Å²) >= 11 is 0. The zero-order valence-electron chi connectivity index (χ0n) is 12.8. The Kier molecular flexibility index (Phi) is 5.22. The highest BCUT2D eigenvalue weighted by Gasteiger charge is 2.47. The third-order valence-corrected chi connectivity index (χ3v) is 4.64. The van der Waals surface area contributed by atoms with E-state index in [4.69, 9.17) is 14.2 Å². The van der Waals surface area contributed by atoms with Crippen LogP contribution in [0.25, 0.3) is 0 Å². The Bertz CT molecular complexity index is 359. The van der Waals surface area contributed by atoms with Crippen molar-refractivity contribution in [2.24, 2.45) is 17.8 Å². The summed E-state index contributed by atoms with van der Waals surface area (Å²) in [6, 6.07) is 0. The van der Waals surface area contributed by atoms with Crippen molar-refractivity contribution in [3.8, 4) is 0 Å². The summed E-state index contributed by atoms with van der Waals surface area (Å²) in [5, 5.41) is 0. The number of ether oxygens (including phenoxy) is 3. The molecule has 4 nitrogen and oxygen atoms in total. The largest absolute Gasteiger partial charge is 0.469 e. The second-order valence-corrected chi connectivity index (χ2v) is 6.07. The molecule has 5 atom stereocenters. The molecule has 2 rings (SSSR count). The van der Waals surface area contributed by atoms with Gasteiger partial charge in [0.25, 0.3) is 0 Å². The fourth-order valence-electron chi connectivity index (χ4n) is 3.42. The van der Waals surface area contributed by atoms with Crippen molar-refractivity contribution in [2.75, 3.05) is 13.7 Å². The first-order chi connectivity index (χ1) is 9.54. The smallest absolute Gasteiger partial charge is 0.309 e. The van der Waals surface area contributed by atoms with E-state index in [0.717, 1.165) is 37.9 Å². The molecule has 0 bridgehead atoms. The van der Waals surface area contributed by atoms with Gasteiger partial charge in [-0.1, -0.05) is 19.1 Å². The summed E-state index contributed by atoms with van der Waals surface area (Å²) in [5.74, 6) is -0.0204. The molecule has 20 heavy (non-hydrogen) atoms. The maximum absolute atomic E-state index is 12.0. The van der Waals surface area contributed by atoms with E-state index in [1.807, 2.05) is 6.92 Å². The molecule has 1 unspecified atom stereocenters. The SMILES string of the molecule is C=C(C)[C@@H]1C[C@@H](OC2CCCCO2)[C@@H](C)[C@@H]1C(=O)OC. The fourth-order valence-corrected chi connectivity index (χ4v) is 3.42. The number of allylic oxidation sites excluding steroid dienone is 1. The first-order valence-electron chi connectivity index (χ1n) is 7.55. The third kappa shape index (κ3) is 3.23. The van der Waals surface area contributed by atoms with Crippen LogP contribution in [0.5, 0.6) is 0 Å². The predicted octanol–water partition coefficient (Wildman–Crippen LogP) is 2.92. The maximum atomic E-state index is 12.0. The van der Waals surface area contributed by atoms with E-state index < -0.39 is 0 Å². The number of hydrogen-bond acceptors (Lipinski definition) is 4. The van der Waals surface area contributed by atoms with Gasteiger partial charge in [-0.2, -0.15) is 0 Å². The topological polar surface area (TPSA) is 44.8 Å². The Hall–Kier alpha value is -0.870. The number of rotatable bonds is 4. The monoisotopic (exact) mass is 282 g/mol. The van der Waals surface area contributed by atoms with Crippen LogP contribution in [0.4, 0.5) is 0 Å². The number of esters is 1. The molecular formula is C16H26O4. The molecule has 1 aliphatic carbocycles. The lowest BCUT2D eigenvalue weighted by molar-refractivity contribution is -0.195. The van der Waals surface area contributed by atoms with Gasteiger partial charge in [-0.15, -0.1) is 0 Å². The van der Waals surface area contributed by atoms with Crippen LogP contribution in [0.2, 0.25) is 0 Å². The Balaban J connectivity index is 2.03. The van der Waals surface area contributed by atoms with Crippen LogP contribution in [0.15, 0.2) is 12.2 Å². The van der Waals surface area contributed by atoms with Crippen LogP contribution in [0, 0.1) is 17.8 Å². The van der Waals surface area contributed by atoms with Crippen molar-refractivity contribution in [3.05, 3.63) is 12.2 Å². The zero-order valence-corrected chi connectivity index (χ0v) is 12.8. The Labute approximate surface area is 121 Å². The molecule has 1 aliphatic heterocycles. The van der Waals surface area contributed by atoms with Crippen LogP contribution in [-0.2, 0) is 19.0 Å². The van der Waals surface area contributed by atoms with Gasteiger partial charge in [0.15, 0.2) is 6.29 Å². The normalized spacial score (nSPS) is 37.6. The summed E-state index contributed by atoms with van der Waals surface area (Å²) in [5.41, 5.74) is 1.03. The van der Waals surface area contributed by atoms with E-state index in [-0.39, 0.29) is 36.1 Å². The molecule has 1 saturated heterocycles. The minimum atomic E-state index is -0.152. The molecule has 1 heterocycles. The molecule has 2 aliphatic rings. The summed E-state index contributed by atoms with van der Waals surface area (Å²) in [4.78, 5) is 12.0. The van der Waals surface area contributed by atoms with Crippen LogP contribution in [0.3, 0.4) is 0 Å². The Morgan fingerprint density at radius 2 is 2.10 bits per heavy atom. The van der Waals surface area contributed by atoms with Gasteiger partial charge in [0.2, 0.25) is 0 Å². The molecule has 0 amide bonds. The summed E-state index contributed by atoms with van der Waals surface area (Å²) < 4.78 is 16.7. The van der Waals surface area contributed by atoms with E-state index in [0.29, 0.717) is 0 Å². The van der Waals surface area contributed by atoms with Crippen molar-refractivity contribution in [1.29, 1.82) is 0 Å². The fraction of sp³-hybridized carbons (Fsp3) is 0.812. The lowest BCUT2D eigenvalue weighted by Gasteiger charge is -2.28. The van der Waals surface area contributed by atoms with Gasteiger partial charge in [-0.25, -0.2) is 0 Å². The molecule has 114 valence electrons. The second-order valence-electron chi connectivity index (χ2n) is 6.07. The van der Waals surface area contributed by atoms with Crippen molar-refractivity contribution in [1.82, 2.24) is 0 Å². The highest BCUT2D eigenvalue weighted by molar-refractivity contribution is 5.74. The Morgan fingerprint density at radius 1 is 1.35 bits per heavy atom. The minimum Gasteiger partial charge on any atom is -0.469 e. The van der Waals surface area contributed by atoms with Gasteiger partial charge < -0.3 is 14.2 Å². The Morgan fingerprint density at radius 3 is 2.65 bits per heavy atom. The molecule has 4 heteroatoms. The van der Waals surface area contributed by atoms with E-state index in [9.17, 15) is 4.79 Å². The highest BCUT2D eigenvalue weighted by atomic mass is 16.7. The lowest BCUT2D eigenvalue weighted by atomic mass is 9.86. The summed E-state index contributed by atoms with van der Waals surface area (Å²) in [6.07, 6.45) is 3.97. The van der Waals surface area contributed by atoms with Gasteiger partial charge in [0.05, 0.1) is 19.1 Å². The van der Waals surface area contributed by atoms with Gasteiger partial charge in [0.1, 0.15) is 0 Å². The van der Waals surface area contributed by atoms with Crippen molar-refractivity contribution >= 4 is 5.97 Å². The molecule has 0 aromatic heterocycles. The number of carbonyl (C=O) groups is 1. The van der Waals surface area contributed by atoms with Crippen molar-refractivity contribution in [3.63, 3.8) is 0 Å². The molecular weight excluding hydrogens is 256 g/mol. The zero-order chi connectivity index (χ0) is 14.7. The molecule has 0 aromatic rings. The van der Waals surface area contributed by atoms with Gasteiger partial charge in [-0.05, 0) is 44.4 Å². The van der Waals surface area contributed by atoms with Crippen molar-refractivity contribution < 1.29 is 19.0 Å². The second kappa shape index (κ2) is 6.72. The molecule has 0 radical (unpaired) electrons. The van der Waals surface area contributed by atoms with Gasteiger partial charge >= 0.3 is 5.97 Å². The van der Waals surface area contributed by atoms with Crippen LogP contribution < -0.4 is 0 Å². The summed E-state index contributed by atoms with van der Waals surface area (Å²) in [6.45, 7) is 8.85. The van der Waals surface area contributed by atoms with E-state index in [1.54, 1.807) is 0 Å². The molecule has 0 spiro atoms. The first-order valence-corrected chi connectivity index (χ1v) is 7.55. The van der Waals surface area contributed by atoms with Gasteiger partial charge in [-0.3, -0.25) is 4.79 Å². The molecule has 1 saturated carbocycles. The van der Waals surface area contributed by atoms with E-state index >= 15 is 0 Å².